The zero-order valence-corrected chi connectivity index (χ0v) is 36.9. The van der Waals surface area contributed by atoms with E-state index in [1.807, 2.05) is 0 Å². The first kappa shape index (κ1) is 33.6. The largest absolute Gasteiger partial charge is 0.547 e. The summed E-state index contributed by atoms with van der Waals surface area (Å²) in [4.78, 5) is 9.44. The summed E-state index contributed by atoms with van der Waals surface area (Å²) in [6.45, 7) is 9.44. The molecule has 2 aromatic heterocycles. The number of pyridine rings is 1. The molecule has 0 spiro atoms. The predicted octanol–water partition coefficient (Wildman–Crippen LogP) is 13.0. The molecule has 0 amide bonds. The monoisotopic (exact) mass is 958 g/mol. The predicted molar refractivity (Wildman–Crippen MR) is 240 cm³/mol. The third-order valence-electron chi connectivity index (χ3n) is 10.5. The Morgan fingerprint density at radius 2 is 1.40 bits per heavy atom. The number of nitrogens with zero attached hydrogens (tertiary/aromatic N) is 3. The van der Waals surface area contributed by atoms with Gasteiger partial charge in [-0.15, -0.1) is 59.2 Å². The van der Waals surface area contributed by atoms with E-state index in [-0.39, 0.29) is 31.2 Å². The molecule has 0 saturated carbocycles. The van der Waals surface area contributed by atoms with Crippen molar-refractivity contribution in [3.63, 3.8) is 0 Å². The van der Waals surface area contributed by atoms with Crippen molar-refractivity contribution in [2.24, 2.45) is 0 Å². The van der Waals surface area contributed by atoms with E-state index in [2.05, 4.69) is 166 Å². The maximum atomic E-state index is 7.28. The quantitative estimate of drug-likeness (QED) is 0.123. The van der Waals surface area contributed by atoms with Gasteiger partial charge in [0.05, 0.1) is 16.9 Å². The average molecular weight is 958 g/mol. The molecular formula is C52H49IrN3OSi-2. The minimum atomic E-state index is -2.37. The van der Waals surface area contributed by atoms with Gasteiger partial charge in [-0.05, 0) is 95.6 Å². The molecule has 4 nitrogen and oxygen atoms in total. The van der Waals surface area contributed by atoms with Crippen molar-refractivity contribution in [1.29, 1.82) is 0 Å². The molecule has 0 saturated heterocycles. The van der Waals surface area contributed by atoms with Crippen molar-refractivity contribution in [3.05, 3.63) is 174 Å². The van der Waals surface area contributed by atoms with Crippen molar-refractivity contribution in [3.8, 4) is 56.3 Å². The van der Waals surface area contributed by atoms with Crippen LogP contribution in [-0.4, -0.2) is 22.9 Å². The molecule has 1 aliphatic rings. The van der Waals surface area contributed by atoms with E-state index in [0.717, 1.165) is 33.7 Å². The summed E-state index contributed by atoms with van der Waals surface area (Å²) in [5, 5.41) is 1.25. The van der Waals surface area contributed by atoms with Crippen LogP contribution in [0.25, 0.3) is 61.6 Å². The topological polar surface area (TPSA) is 39.9 Å². The molecule has 0 unspecified atom stereocenters. The molecule has 0 aliphatic carbocycles. The van der Waals surface area contributed by atoms with Crippen LogP contribution >= 0.6 is 0 Å². The van der Waals surface area contributed by atoms with E-state index in [9.17, 15) is 0 Å². The van der Waals surface area contributed by atoms with Crippen molar-refractivity contribution >= 4 is 24.5 Å². The van der Waals surface area contributed by atoms with Crippen molar-refractivity contribution in [2.75, 3.05) is 0 Å². The van der Waals surface area contributed by atoms with Crippen LogP contribution in [0.5, 0.6) is 5.75 Å². The Morgan fingerprint density at radius 3 is 2.07 bits per heavy atom. The molecule has 6 heteroatoms. The summed E-state index contributed by atoms with van der Waals surface area (Å²) in [7, 11) is -2.37. The molecule has 1 aliphatic heterocycles. The SMILES string of the molecule is CC(C)c1cc(-c2ccccc2)cc(C(C)C)c1-n1c(-c2[c-]ccc3c2[Si](C)(C)Oc2ccccc2-3)nc2ccccc21.[2H]C([2H])([2H])c1c[c-]c(-c2ccc(C([2H])([2H])[2H])cn2)cc1.[Ir]. The zero-order chi connectivity index (χ0) is 44.8. The van der Waals surface area contributed by atoms with Crippen molar-refractivity contribution in [1.82, 2.24) is 14.5 Å². The Morgan fingerprint density at radius 1 is 0.707 bits per heavy atom. The van der Waals surface area contributed by atoms with Gasteiger partial charge in [0.2, 0.25) is 8.32 Å². The second-order valence-electron chi connectivity index (χ2n) is 15.6. The van der Waals surface area contributed by atoms with Crippen LogP contribution in [0.4, 0.5) is 0 Å². The summed E-state index contributed by atoms with van der Waals surface area (Å²) in [5.74, 6) is 2.51. The molecule has 293 valence electrons. The van der Waals surface area contributed by atoms with Gasteiger partial charge in [0, 0.05) is 45.8 Å². The average Bonchev–Trinajstić information content (AvgIpc) is 3.65. The zero-order valence-electron chi connectivity index (χ0n) is 39.5. The fourth-order valence-electron chi connectivity index (χ4n) is 7.80. The number of hydrogen-bond donors (Lipinski definition) is 0. The smallest absolute Gasteiger partial charge is 0.231 e. The minimum Gasteiger partial charge on any atom is -0.547 e. The Kier molecular flexibility index (Phi) is 9.74. The number of para-hydroxylation sites is 3. The van der Waals surface area contributed by atoms with Gasteiger partial charge in [-0.25, -0.2) is 0 Å². The van der Waals surface area contributed by atoms with E-state index in [0.29, 0.717) is 23.1 Å². The molecule has 0 atom stereocenters. The number of benzene rings is 6. The van der Waals surface area contributed by atoms with Crippen LogP contribution in [-0.2, 0) is 20.1 Å². The summed E-state index contributed by atoms with van der Waals surface area (Å²) in [6.07, 6.45) is 1.30. The molecule has 0 N–H and O–H groups in total. The number of fused-ring (bicyclic) bond motifs is 4. The summed E-state index contributed by atoms with van der Waals surface area (Å²) < 4.78 is 52.9. The van der Waals surface area contributed by atoms with Crippen molar-refractivity contribution in [2.45, 2.75) is 66.3 Å². The third-order valence-corrected chi connectivity index (χ3v) is 13.0. The fraction of sp³-hybridized carbons (Fsp3) is 0.192. The molecule has 6 aromatic carbocycles. The van der Waals surface area contributed by atoms with Gasteiger partial charge >= 0.3 is 0 Å². The van der Waals surface area contributed by atoms with Crippen LogP contribution in [0.2, 0.25) is 13.1 Å². The van der Waals surface area contributed by atoms with Gasteiger partial charge in [-0.1, -0.05) is 118 Å². The normalized spacial score (nSPS) is 14.6. The van der Waals surface area contributed by atoms with Crippen LogP contribution in [0, 0.1) is 25.8 Å². The van der Waals surface area contributed by atoms with Crippen LogP contribution in [0.15, 0.2) is 140 Å². The minimum absolute atomic E-state index is 0. The fourth-order valence-corrected chi connectivity index (χ4v) is 10.3. The molecule has 58 heavy (non-hydrogen) atoms. The van der Waals surface area contributed by atoms with Gasteiger partial charge in [-0.3, -0.25) is 4.98 Å². The third kappa shape index (κ3) is 7.89. The molecule has 8 aromatic rings. The first-order valence-electron chi connectivity index (χ1n) is 22.5. The summed E-state index contributed by atoms with van der Waals surface area (Å²) in [5.41, 5.74) is 13.4. The standard InChI is InChI=1S/C39H37N2OSi.C13H12N.Ir/c1-25(2)32-23-28(27-15-8-7-9-16-27)24-33(26(3)4)37(32)41-35-21-12-11-20-34(35)40-39(41)31-19-14-18-30-29-17-10-13-22-36(29)42-43(5,6)38(30)31;1-10-3-6-12(7-4-10)13-8-5-11(2)9-14-13;/h7-18,20-26H,1-6H3;3-6,8-9H,1-2H3;/q2*-1;/i;1D3,2D3;. The number of rotatable bonds is 6. The van der Waals surface area contributed by atoms with E-state index in [1.165, 1.54) is 63.1 Å². The molecule has 1 radical (unpaired) electrons. The number of aryl methyl sites for hydroxylation is 2. The van der Waals surface area contributed by atoms with Gasteiger partial charge in [0.1, 0.15) is 5.75 Å². The number of imidazole rings is 1. The summed E-state index contributed by atoms with van der Waals surface area (Å²) in [6, 6.07) is 50.8. The van der Waals surface area contributed by atoms with Gasteiger partial charge < -0.3 is 14.0 Å². The maximum Gasteiger partial charge on any atom is 0.231 e. The Balaban J connectivity index is 0.000000246. The molecule has 0 bridgehead atoms. The molecule has 0 fully saturated rings. The van der Waals surface area contributed by atoms with Gasteiger partial charge in [0.15, 0.2) is 0 Å². The van der Waals surface area contributed by atoms with E-state index in [4.69, 9.17) is 17.6 Å². The van der Waals surface area contributed by atoms with Crippen LogP contribution in [0.3, 0.4) is 0 Å². The first-order valence-corrected chi connectivity index (χ1v) is 22.4. The van der Waals surface area contributed by atoms with E-state index in [1.54, 1.807) is 12.1 Å². The molecule has 9 rings (SSSR count). The second-order valence-corrected chi connectivity index (χ2v) is 19.3. The Labute approximate surface area is 366 Å². The second kappa shape index (κ2) is 16.8. The van der Waals surface area contributed by atoms with Gasteiger partial charge in [-0.2, -0.15) is 0 Å². The number of aromatic nitrogens is 3. The number of hydrogen-bond acceptors (Lipinski definition) is 3. The first-order chi connectivity index (χ1) is 29.9. The summed E-state index contributed by atoms with van der Waals surface area (Å²) >= 11 is 0. The Bertz CT molecular complexity index is 2840. The molecule has 3 heterocycles. The van der Waals surface area contributed by atoms with E-state index >= 15 is 0 Å². The van der Waals surface area contributed by atoms with Gasteiger partial charge in [0.25, 0.3) is 0 Å². The van der Waals surface area contributed by atoms with Crippen LogP contribution in [0.1, 0.15) is 70.0 Å². The Hall–Kier alpha value is -5.39. The van der Waals surface area contributed by atoms with E-state index < -0.39 is 22.0 Å². The maximum absolute atomic E-state index is 7.28. The van der Waals surface area contributed by atoms with Crippen molar-refractivity contribution < 1.29 is 32.8 Å². The molecular weight excluding hydrogens is 903 g/mol. The van der Waals surface area contributed by atoms with Crippen LogP contribution < -0.4 is 9.61 Å².